The number of carboxylic acid groups (broad SMARTS) is 2. The van der Waals surface area contributed by atoms with E-state index in [1.807, 2.05) is 0 Å². The molecule has 0 saturated heterocycles. The van der Waals surface area contributed by atoms with Gasteiger partial charge in [-0.1, -0.05) is 12.8 Å². The minimum absolute atomic E-state index is 0.0234. The lowest BCUT2D eigenvalue weighted by molar-refractivity contribution is -0.147. The number of rotatable bonds is 8. The van der Waals surface area contributed by atoms with Crippen LogP contribution in [0.4, 0.5) is 0 Å². The van der Waals surface area contributed by atoms with E-state index < -0.39 is 45.2 Å². The molecule has 0 heterocycles. The van der Waals surface area contributed by atoms with Crippen LogP contribution in [0, 0.1) is 0 Å². The molecule has 0 aliphatic heterocycles. The van der Waals surface area contributed by atoms with Gasteiger partial charge in [-0.2, -0.15) is 8.42 Å². The highest BCUT2D eigenvalue weighted by Crippen LogP contribution is 2.22. The van der Waals surface area contributed by atoms with Crippen LogP contribution in [-0.4, -0.2) is 64.0 Å². The van der Waals surface area contributed by atoms with Gasteiger partial charge in [0, 0.05) is 12.2 Å². The van der Waals surface area contributed by atoms with Gasteiger partial charge < -0.3 is 19.7 Å². The van der Waals surface area contributed by atoms with Crippen LogP contribution in [0.1, 0.15) is 77.6 Å². The first-order valence-electron chi connectivity index (χ1n) is 10.9. The zero-order valence-corrected chi connectivity index (χ0v) is 19.4. The van der Waals surface area contributed by atoms with Crippen molar-refractivity contribution < 1.29 is 51.8 Å². The maximum absolute atomic E-state index is 11.6. The van der Waals surface area contributed by atoms with Crippen molar-refractivity contribution in [3.8, 4) is 0 Å². The molecule has 0 amide bonds. The Morgan fingerprint density at radius 3 is 1.42 bits per heavy atom. The largest absolute Gasteiger partial charge is 0.481 e. The molecule has 0 bridgehead atoms. The van der Waals surface area contributed by atoms with Gasteiger partial charge in [0.15, 0.2) is 0 Å². The van der Waals surface area contributed by atoms with E-state index in [0.717, 1.165) is 51.4 Å². The fraction of sp³-hybridized carbons (Fsp3) is 0.714. The van der Waals surface area contributed by atoms with Gasteiger partial charge in [0.1, 0.15) is 12.2 Å². The Bertz CT molecular complexity index is 787. The lowest BCUT2D eigenvalue weighted by Crippen LogP contribution is -2.45. The normalized spacial score (nSPS) is 19.6. The standard InChI is InChI=1S/C16H24O4.C5H8O7S/c17-15(19-13-7-3-1-4-8-13)11-12-16(18)20-14-9-5-2-6-10-14;1-5(4(8)9,2-3(6)7)13(10,11)12/h11-14H,1-10H2;2H2,1H3,(H,6,7)(H,8,9)(H,10,11,12)/b12-11-;. The van der Waals surface area contributed by atoms with Crippen molar-refractivity contribution in [2.24, 2.45) is 0 Å². The van der Waals surface area contributed by atoms with Crippen LogP contribution in [0.25, 0.3) is 0 Å². The minimum Gasteiger partial charge on any atom is -0.481 e. The van der Waals surface area contributed by atoms with Crippen LogP contribution >= 0.6 is 0 Å². The van der Waals surface area contributed by atoms with Crippen molar-refractivity contribution in [2.75, 3.05) is 0 Å². The molecule has 0 aromatic heterocycles. The van der Waals surface area contributed by atoms with E-state index in [-0.39, 0.29) is 12.2 Å². The molecule has 3 N–H and O–H groups in total. The average molecular weight is 493 g/mol. The Morgan fingerprint density at radius 2 is 1.18 bits per heavy atom. The van der Waals surface area contributed by atoms with E-state index in [1.54, 1.807) is 0 Å². The summed E-state index contributed by atoms with van der Waals surface area (Å²) in [6, 6.07) is 0. The molecule has 2 fully saturated rings. The minimum atomic E-state index is -4.94. The van der Waals surface area contributed by atoms with Crippen molar-refractivity contribution >= 4 is 34.0 Å². The third kappa shape index (κ3) is 10.3. The molecule has 33 heavy (non-hydrogen) atoms. The first-order chi connectivity index (χ1) is 15.3. The van der Waals surface area contributed by atoms with Gasteiger partial charge >= 0.3 is 23.9 Å². The number of carboxylic acids is 2. The van der Waals surface area contributed by atoms with Gasteiger partial charge in [-0.25, -0.2) is 9.59 Å². The lowest BCUT2D eigenvalue weighted by Gasteiger charge is -2.21. The fourth-order valence-electron chi connectivity index (χ4n) is 3.47. The van der Waals surface area contributed by atoms with E-state index in [9.17, 15) is 27.6 Å². The zero-order valence-electron chi connectivity index (χ0n) is 18.6. The summed E-state index contributed by atoms with van der Waals surface area (Å²) in [6.45, 7) is 0.624. The van der Waals surface area contributed by atoms with Gasteiger partial charge in [-0.05, 0) is 58.3 Å². The number of hydrogen-bond acceptors (Lipinski definition) is 8. The van der Waals surface area contributed by atoms with Crippen LogP contribution in [0.2, 0.25) is 0 Å². The van der Waals surface area contributed by atoms with Crippen molar-refractivity contribution in [3.63, 3.8) is 0 Å². The van der Waals surface area contributed by atoms with Gasteiger partial charge in [-0.15, -0.1) is 0 Å². The van der Waals surface area contributed by atoms with E-state index in [2.05, 4.69) is 0 Å². The van der Waals surface area contributed by atoms with Crippen LogP contribution in [0.5, 0.6) is 0 Å². The van der Waals surface area contributed by atoms with Crippen molar-refractivity contribution in [2.45, 2.75) is 94.5 Å². The highest BCUT2D eigenvalue weighted by atomic mass is 32.2. The lowest BCUT2D eigenvalue weighted by atomic mass is 9.98. The second-order valence-electron chi connectivity index (χ2n) is 8.31. The summed E-state index contributed by atoms with van der Waals surface area (Å²) in [5, 5.41) is 16.6. The first kappa shape index (κ1) is 28.6. The summed E-state index contributed by atoms with van der Waals surface area (Å²) < 4.78 is 37.5. The smallest absolute Gasteiger partial charge is 0.331 e. The van der Waals surface area contributed by atoms with Gasteiger partial charge in [-0.3, -0.25) is 14.1 Å². The number of esters is 2. The molecule has 2 saturated carbocycles. The summed E-state index contributed by atoms with van der Waals surface area (Å²) in [6.07, 6.45) is 11.9. The monoisotopic (exact) mass is 492 g/mol. The number of ether oxygens (including phenoxy) is 2. The Labute approximate surface area is 192 Å². The Morgan fingerprint density at radius 1 is 0.818 bits per heavy atom. The maximum Gasteiger partial charge on any atom is 0.331 e. The van der Waals surface area contributed by atoms with Crippen LogP contribution in [0.3, 0.4) is 0 Å². The SMILES string of the molecule is CC(CC(=O)O)(C(=O)O)S(=O)(=O)O.O=C(/C=C\C(=O)OC1CCCCC1)OC1CCCCC1. The quantitative estimate of drug-likeness (QED) is 0.257. The van der Waals surface area contributed by atoms with Crippen molar-refractivity contribution in [1.29, 1.82) is 0 Å². The second-order valence-corrected chi connectivity index (χ2v) is 10.2. The predicted octanol–water partition coefficient (Wildman–Crippen LogP) is 2.49. The van der Waals surface area contributed by atoms with Crippen LogP contribution < -0.4 is 0 Å². The summed E-state index contributed by atoms with van der Waals surface area (Å²) in [4.78, 5) is 43.7. The van der Waals surface area contributed by atoms with Crippen molar-refractivity contribution in [1.82, 2.24) is 0 Å². The molecule has 0 aromatic rings. The van der Waals surface area contributed by atoms with Gasteiger partial charge in [0.05, 0.1) is 6.42 Å². The van der Waals surface area contributed by atoms with Gasteiger partial charge in [0.2, 0.25) is 4.75 Å². The maximum atomic E-state index is 11.6. The number of aliphatic carboxylic acids is 2. The van der Waals surface area contributed by atoms with Crippen LogP contribution in [-0.2, 0) is 38.8 Å². The van der Waals surface area contributed by atoms with E-state index in [1.165, 1.54) is 25.0 Å². The molecular weight excluding hydrogens is 460 g/mol. The summed E-state index contributed by atoms with van der Waals surface area (Å²) in [5.41, 5.74) is 0. The Balaban J connectivity index is 0.000000366. The molecule has 1 atom stereocenters. The van der Waals surface area contributed by atoms with E-state index >= 15 is 0 Å². The third-order valence-corrected chi connectivity index (χ3v) is 6.99. The fourth-order valence-corrected chi connectivity index (χ4v) is 4.00. The molecule has 1 unspecified atom stereocenters. The molecule has 2 aliphatic carbocycles. The van der Waals surface area contributed by atoms with Crippen LogP contribution in [0.15, 0.2) is 12.2 Å². The highest BCUT2D eigenvalue weighted by Gasteiger charge is 2.48. The molecule has 11 nitrogen and oxygen atoms in total. The van der Waals surface area contributed by atoms with Crippen molar-refractivity contribution in [3.05, 3.63) is 12.2 Å². The summed E-state index contributed by atoms with van der Waals surface area (Å²) in [7, 11) is -4.94. The topological polar surface area (TPSA) is 182 Å². The molecule has 2 aliphatic rings. The average Bonchev–Trinajstić information content (AvgIpc) is 2.73. The molecule has 0 radical (unpaired) electrons. The third-order valence-electron chi connectivity index (χ3n) is 5.54. The summed E-state index contributed by atoms with van der Waals surface area (Å²) >= 11 is 0. The Hall–Kier alpha value is -2.47. The number of carbonyl (C=O) groups is 4. The molecule has 12 heteroatoms. The zero-order chi connectivity index (χ0) is 25.1. The second kappa shape index (κ2) is 13.3. The summed E-state index contributed by atoms with van der Waals surface area (Å²) in [5.74, 6) is -4.39. The number of carbonyl (C=O) groups excluding carboxylic acids is 2. The molecule has 188 valence electrons. The Kier molecular flexibility index (Phi) is 11.5. The molecular formula is C21H32O11S. The number of hydrogen-bond donors (Lipinski definition) is 3. The van der Waals surface area contributed by atoms with E-state index in [4.69, 9.17) is 24.2 Å². The molecule has 0 spiro atoms. The van der Waals surface area contributed by atoms with Gasteiger partial charge in [0.25, 0.3) is 10.1 Å². The molecule has 2 rings (SSSR count). The predicted molar refractivity (Wildman–Crippen MR) is 115 cm³/mol. The molecule has 0 aromatic carbocycles. The van der Waals surface area contributed by atoms with E-state index in [0.29, 0.717) is 6.92 Å². The highest BCUT2D eigenvalue weighted by molar-refractivity contribution is 7.88. The first-order valence-corrected chi connectivity index (χ1v) is 12.3.